The summed E-state index contributed by atoms with van der Waals surface area (Å²) in [5.41, 5.74) is 1.16. The summed E-state index contributed by atoms with van der Waals surface area (Å²) < 4.78 is 5.11. The van der Waals surface area contributed by atoms with Crippen LogP contribution in [0.15, 0.2) is 30.3 Å². The van der Waals surface area contributed by atoms with Crippen molar-refractivity contribution in [3.63, 3.8) is 0 Å². The van der Waals surface area contributed by atoms with E-state index >= 15 is 0 Å². The fraction of sp³-hybridized carbons (Fsp3) is 0.611. The van der Waals surface area contributed by atoms with Gasteiger partial charge in [-0.3, -0.25) is 4.79 Å². The average Bonchev–Trinajstić information content (AvgIpc) is 3.04. The number of nitrogens with zero attached hydrogens (tertiary/aromatic N) is 1. The van der Waals surface area contributed by atoms with Crippen LogP contribution in [0.4, 0.5) is 0 Å². The smallest absolute Gasteiger partial charge is 0.313 e. The second-order valence-electron chi connectivity index (χ2n) is 6.74. The molecule has 1 aliphatic heterocycles. The number of rotatable bonds is 4. The van der Waals surface area contributed by atoms with Crippen molar-refractivity contribution in [1.29, 1.82) is 0 Å². The van der Waals surface area contributed by atoms with Gasteiger partial charge in [-0.15, -0.1) is 0 Å². The molecule has 3 nitrogen and oxygen atoms in total. The Kier molecular flexibility index (Phi) is 4.03. The summed E-state index contributed by atoms with van der Waals surface area (Å²) in [6.45, 7) is 5.22. The Morgan fingerprint density at radius 3 is 2.90 bits per heavy atom. The molecule has 2 fully saturated rings. The van der Waals surface area contributed by atoms with E-state index in [9.17, 15) is 4.79 Å². The molecule has 0 radical (unpaired) electrons. The molecule has 2 aliphatic rings. The Labute approximate surface area is 127 Å². The third-order valence-corrected chi connectivity index (χ3v) is 5.43. The van der Waals surface area contributed by atoms with Gasteiger partial charge in [0.25, 0.3) is 0 Å². The lowest BCUT2D eigenvalue weighted by Crippen LogP contribution is -2.37. The molecule has 1 aromatic rings. The van der Waals surface area contributed by atoms with Crippen LogP contribution in [-0.2, 0) is 9.53 Å². The summed E-state index contributed by atoms with van der Waals surface area (Å²) in [4.78, 5) is 14.7. The topological polar surface area (TPSA) is 29.5 Å². The number of benzene rings is 1. The summed E-state index contributed by atoms with van der Waals surface area (Å²) in [5.74, 6) is 1.01. The molecule has 0 aromatic heterocycles. The summed E-state index contributed by atoms with van der Waals surface area (Å²) in [5, 5.41) is 0. The van der Waals surface area contributed by atoms with Crippen LogP contribution in [0.5, 0.6) is 0 Å². The fourth-order valence-electron chi connectivity index (χ4n) is 4.34. The Balaban J connectivity index is 1.68. The number of fused-ring (bicyclic) bond motifs is 1. The van der Waals surface area contributed by atoms with Gasteiger partial charge in [-0.05, 0) is 30.2 Å². The molecule has 3 rings (SSSR count). The predicted molar refractivity (Wildman–Crippen MR) is 83.1 cm³/mol. The van der Waals surface area contributed by atoms with Crippen LogP contribution in [0.1, 0.15) is 37.7 Å². The van der Waals surface area contributed by atoms with Gasteiger partial charge < -0.3 is 9.64 Å². The molecule has 3 unspecified atom stereocenters. The second kappa shape index (κ2) is 5.80. The molecule has 3 atom stereocenters. The quantitative estimate of drug-likeness (QED) is 0.797. The Morgan fingerprint density at radius 2 is 2.19 bits per heavy atom. The summed E-state index contributed by atoms with van der Waals surface area (Å²) in [6, 6.07) is 10.6. The van der Waals surface area contributed by atoms with Crippen molar-refractivity contribution in [2.45, 2.75) is 32.1 Å². The zero-order valence-corrected chi connectivity index (χ0v) is 13.0. The molecule has 0 spiro atoms. The maximum absolute atomic E-state index is 12.3. The highest BCUT2D eigenvalue weighted by Gasteiger charge is 2.55. The first kappa shape index (κ1) is 14.6. The first-order valence-electron chi connectivity index (χ1n) is 8.01. The van der Waals surface area contributed by atoms with Gasteiger partial charge in [-0.25, -0.2) is 0 Å². The van der Waals surface area contributed by atoms with Gasteiger partial charge in [0.15, 0.2) is 0 Å². The minimum absolute atomic E-state index is 0.0138. The van der Waals surface area contributed by atoms with Gasteiger partial charge in [-0.2, -0.15) is 0 Å². The van der Waals surface area contributed by atoms with Crippen LogP contribution in [0, 0.1) is 11.3 Å². The van der Waals surface area contributed by atoms with Crippen molar-refractivity contribution in [3.05, 3.63) is 35.9 Å². The third kappa shape index (κ3) is 2.59. The van der Waals surface area contributed by atoms with E-state index < -0.39 is 0 Å². The van der Waals surface area contributed by atoms with Gasteiger partial charge in [0.1, 0.15) is 0 Å². The maximum Gasteiger partial charge on any atom is 0.313 e. The molecule has 0 N–H and O–H groups in total. The van der Waals surface area contributed by atoms with E-state index in [-0.39, 0.29) is 11.4 Å². The predicted octanol–water partition coefficient (Wildman–Crippen LogP) is 3.07. The molecule has 1 aromatic carbocycles. The lowest BCUT2D eigenvalue weighted by atomic mass is 9.81. The standard InChI is InChI=1S/C18H25NO2/c1-14(15-7-4-3-5-8-15)11-19-12-16-9-6-10-18(16,13-19)17(20)21-2/h3-5,7-8,14,16H,6,9-13H2,1-2H3. The average molecular weight is 287 g/mol. The second-order valence-corrected chi connectivity index (χ2v) is 6.74. The minimum Gasteiger partial charge on any atom is -0.469 e. The SMILES string of the molecule is COC(=O)C12CCCC1CN(CC(C)c1ccccc1)C2. The summed E-state index contributed by atoms with van der Waals surface area (Å²) in [7, 11) is 1.53. The van der Waals surface area contributed by atoms with E-state index in [2.05, 4.69) is 42.2 Å². The van der Waals surface area contributed by atoms with Crippen LogP contribution in [0.2, 0.25) is 0 Å². The molecule has 1 heterocycles. The lowest BCUT2D eigenvalue weighted by molar-refractivity contribution is -0.153. The van der Waals surface area contributed by atoms with E-state index in [1.165, 1.54) is 25.5 Å². The van der Waals surface area contributed by atoms with Gasteiger partial charge in [0.2, 0.25) is 0 Å². The number of methoxy groups -OCH3 is 1. The number of hydrogen-bond donors (Lipinski definition) is 0. The molecule has 21 heavy (non-hydrogen) atoms. The van der Waals surface area contributed by atoms with Crippen molar-refractivity contribution < 1.29 is 9.53 Å². The molecule has 1 saturated carbocycles. The van der Waals surface area contributed by atoms with Gasteiger partial charge in [-0.1, -0.05) is 43.7 Å². The molecule has 3 heteroatoms. The number of carbonyl (C=O) groups excluding carboxylic acids is 1. The van der Waals surface area contributed by atoms with Crippen molar-refractivity contribution in [3.8, 4) is 0 Å². The van der Waals surface area contributed by atoms with E-state index in [0.29, 0.717) is 11.8 Å². The molecule has 1 saturated heterocycles. The van der Waals surface area contributed by atoms with Crippen LogP contribution in [-0.4, -0.2) is 37.6 Å². The fourth-order valence-corrected chi connectivity index (χ4v) is 4.34. The monoisotopic (exact) mass is 287 g/mol. The Morgan fingerprint density at radius 1 is 1.43 bits per heavy atom. The number of hydrogen-bond acceptors (Lipinski definition) is 3. The van der Waals surface area contributed by atoms with Crippen molar-refractivity contribution in [1.82, 2.24) is 4.90 Å². The van der Waals surface area contributed by atoms with Crippen molar-refractivity contribution in [2.24, 2.45) is 11.3 Å². The highest BCUT2D eigenvalue weighted by Crippen LogP contribution is 2.49. The summed E-state index contributed by atoms with van der Waals surface area (Å²) in [6.07, 6.45) is 3.34. The van der Waals surface area contributed by atoms with E-state index in [1.54, 1.807) is 0 Å². The minimum atomic E-state index is -0.217. The molecular formula is C18H25NO2. The highest BCUT2D eigenvalue weighted by molar-refractivity contribution is 5.78. The first-order chi connectivity index (χ1) is 10.2. The molecule has 1 aliphatic carbocycles. The largest absolute Gasteiger partial charge is 0.469 e. The number of ether oxygens (including phenoxy) is 1. The van der Waals surface area contributed by atoms with Crippen molar-refractivity contribution in [2.75, 3.05) is 26.7 Å². The molecule has 114 valence electrons. The number of esters is 1. The third-order valence-electron chi connectivity index (χ3n) is 5.43. The lowest BCUT2D eigenvalue weighted by Gasteiger charge is -2.26. The van der Waals surface area contributed by atoms with E-state index in [1.807, 2.05) is 0 Å². The molecular weight excluding hydrogens is 262 g/mol. The molecule has 0 amide bonds. The molecule has 0 bridgehead atoms. The Hall–Kier alpha value is -1.35. The number of likely N-dealkylation sites (tertiary alicyclic amines) is 1. The van der Waals surface area contributed by atoms with Crippen LogP contribution in [0.3, 0.4) is 0 Å². The van der Waals surface area contributed by atoms with Crippen molar-refractivity contribution >= 4 is 5.97 Å². The zero-order chi connectivity index (χ0) is 14.9. The van der Waals surface area contributed by atoms with Gasteiger partial charge in [0, 0.05) is 19.6 Å². The highest BCUT2D eigenvalue weighted by atomic mass is 16.5. The van der Waals surface area contributed by atoms with Crippen LogP contribution >= 0.6 is 0 Å². The first-order valence-corrected chi connectivity index (χ1v) is 8.01. The summed E-state index contributed by atoms with van der Waals surface area (Å²) >= 11 is 0. The van der Waals surface area contributed by atoms with Gasteiger partial charge in [0.05, 0.1) is 12.5 Å². The normalized spacial score (nSPS) is 30.1. The van der Waals surface area contributed by atoms with E-state index in [4.69, 9.17) is 4.74 Å². The zero-order valence-electron chi connectivity index (χ0n) is 13.0. The van der Waals surface area contributed by atoms with Crippen LogP contribution < -0.4 is 0 Å². The van der Waals surface area contributed by atoms with E-state index in [0.717, 1.165) is 26.1 Å². The van der Waals surface area contributed by atoms with Crippen LogP contribution in [0.25, 0.3) is 0 Å². The van der Waals surface area contributed by atoms with Gasteiger partial charge >= 0.3 is 5.97 Å². The number of carbonyl (C=O) groups is 1. The Bertz CT molecular complexity index is 501. The maximum atomic E-state index is 12.3.